The Morgan fingerprint density at radius 1 is 1.16 bits per heavy atom. The lowest BCUT2D eigenvalue weighted by Gasteiger charge is -2.45. The fraction of sp³-hybridized carbons (Fsp3) is 1.00. The molecule has 0 unspecified atom stereocenters. The van der Waals surface area contributed by atoms with Crippen LogP contribution in [0.15, 0.2) is 0 Å². The van der Waals surface area contributed by atoms with Gasteiger partial charge in [-0.1, -0.05) is 33.1 Å². The molecule has 2 N–H and O–H groups in total. The van der Waals surface area contributed by atoms with E-state index in [4.69, 9.17) is 0 Å². The maximum Gasteiger partial charge on any atom is 0.0573 e. The summed E-state index contributed by atoms with van der Waals surface area (Å²) in [5, 5.41) is 19.6. The van der Waals surface area contributed by atoms with E-state index in [2.05, 4.69) is 13.8 Å². The average Bonchev–Trinajstić information content (AvgIpc) is 2.67. The number of aliphatic hydroxyl groups is 2. The summed E-state index contributed by atoms with van der Waals surface area (Å²) in [7, 11) is 0. The van der Waals surface area contributed by atoms with E-state index < -0.39 is 0 Å². The van der Waals surface area contributed by atoms with Gasteiger partial charge in [0, 0.05) is 0 Å². The third-order valence-electron chi connectivity index (χ3n) is 6.13. The highest BCUT2D eigenvalue weighted by Crippen LogP contribution is 2.58. The van der Waals surface area contributed by atoms with Crippen molar-refractivity contribution in [3.8, 4) is 0 Å². The lowest BCUT2D eigenvalue weighted by atomic mass is 9.61. The maximum absolute atomic E-state index is 10.3. The van der Waals surface area contributed by atoms with E-state index in [-0.39, 0.29) is 12.2 Å². The van der Waals surface area contributed by atoms with Gasteiger partial charge in [0.1, 0.15) is 0 Å². The zero-order valence-electron chi connectivity index (χ0n) is 12.9. The van der Waals surface area contributed by atoms with Crippen LogP contribution in [0, 0.1) is 23.2 Å². The smallest absolute Gasteiger partial charge is 0.0573 e. The number of hydrogen-bond donors (Lipinski definition) is 2. The van der Waals surface area contributed by atoms with E-state index >= 15 is 0 Å². The fourth-order valence-corrected chi connectivity index (χ4v) is 5.06. The van der Waals surface area contributed by atoms with Crippen LogP contribution in [0.3, 0.4) is 0 Å². The van der Waals surface area contributed by atoms with E-state index in [1.54, 1.807) is 0 Å². The summed E-state index contributed by atoms with van der Waals surface area (Å²) >= 11 is 0. The summed E-state index contributed by atoms with van der Waals surface area (Å²) < 4.78 is 0. The predicted octanol–water partition coefficient (Wildman–Crippen LogP) is 3.75. The summed E-state index contributed by atoms with van der Waals surface area (Å²) in [5.74, 6) is 2.06. The molecule has 19 heavy (non-hydrogen) atoms. The van der Waals surface area contributed by atoms with Crippen LogP contribution in [0.4, 0.5) is 0 Å². The Morgan fingerprint density at radius 3 is 2.58 bits per heavy atom. The predicted molar refractivity (Wildman–Crippen MR) is 78.9 cm³/mol. The Bertz CT molecular complexity index is 289. The maximum atomic E-state index is 10.3. The molecule has 0 saturated heterocycles. The summed E-state index contributed by atoms with van der Waals surface area (Å²) in [6, 6.07) is 0. The summed E-state index contributed by atoms with van der Waals surface area (Å²) in [6.07, 6.45) is 9.14. The minimum atomic E-state index is -0.157. The largest absolute Gasteiger partial charge is 0.393 e. The molecule has 0 aromatic rings. The minimum Gasteiger partial charge on any atom is -0.393 e. The first kappa shape index (κ1) is 15.3. The van der Waals surface area contributed by atoms with Gasteiger partial charge in [0.2, 0.25) is 0 Å². The molecular weight excluding hydrogens is 236 g/mol. The molecule has 0 spiro atoms. The van der Waals surface area contributed by atoms with Crippen LogP contribution in [0.2, 0.25) is 0 Å². The van der Waals surface area contributed by atoms with Crippen molar-refractivity contribution in [3.05, 3.63) is 0 Å². The zero-order chi connectivity index (χ0) is 14.0. The summed E-state index contributed by atoms with van der Waals surface area (Å²) in [6.45, 7) is 6.71. The molecule has 0 heterocycles. The molecule has 0 bridgehead atoms. The van der Waals surface area contributed by atoms with Crippen LogP contribution >= 0.6 is 0 Å². The lowest BCUT2D eigenvalue weighted by molar-refractivity contribution is -0.0279. The molecule has 2 rings (SSSR count). The van der Waals surface area contributed by atoms with Gasteiger partial charge < -0.3 is 10.2 Å². The monoisotopic (exact) mass is 268 g/mol. The Labute approximate surface area is 118 Å². The van der Waals surface area contributed by atoms with Crippen LogP contribution in [0.5, 0.6) is 0 Å². The van der Waals surface area contributed by atoms with E-state index in [0.717, 1.165) is 31.1 Å². The van der Waals surface area contributed by atoms with Crippen molar-refractivity contribution < 1.29 is 10.2 Å². The quantitative estimate of drug-likeness (QED) is 0.797. The minimum absolute atomic E-state index is 0.0478. The summed E-state index contributed by atoms with van der Waals surface area (Å²) in [4.78, 5) is 0. The topological polar surface area (TPSA) is 40.5 Å². The van der Waals surface area contributed by atoms with Crippen molar-refractivity contribution in [1.29, 1.82) is 0 Å². The first-order valence-corrected chi connectivity index (χ1v) is 8.31. The van der Waals surface area contributed by atoms with Crippen LogP contribution < -0.4 is 0 Å². The van der Waals surface area contributed by atoms with Gasteiger partial charge in [-0.3, -0.25) is 0 Å². The first-order valence-electron chi connectivity index (χ1n) is 8.31. The highest BCUT2D eigenvalue weighted by atomic mass is 16.3. The van der Waals surface area contributed by atoms with Crippen molar-refractivity contribution in [3.63, 3.8) is 0 Å². The van der Waals surface area contributed by atoms with Gasteiger partial charge in [-0.05, 0) is 62.2 Å². The van der Waals surface area contributed by atoms with Crippen LogP contribution in [-0.4, -0.2) is 22.4 Å². The standard InChI is InChI=1S/C17H32O2/c1-12(6-4-7-13(2)18)14-9-10-15-16(19)8-5-11-17(14,15)3/h12-16,18-19H,4-11H2,1-3H3/t12-,13-,14+,15-,16-,17+/m0/s1. The number of rotatable bonds is 5. The van der Waals surface area contributed by atoms with Crippen LogP contribution in [0.1, 0.15) is 72.1 Å². The van der Waals surface area contributed by atoms with Gasteiger partial charge in [-0.15, -0.1) is 0 Å². The van der Waals surface area contributed by atoms with Gasteiger partial charge in [0.05, 0.1) is 12.2 Å². The second kappa shape index (κ2) is 6.13. The molecule has 6 atom stereocenters. The number of fused-ring (bicyclic) bond motifs is 1. The fourth-order valence-electron chi connectivity index (χ4n) is 5.06. The highest BCUT2D eigenvalue weighted by molar-refractivity contribution is 5.01. The van der Waals surface area contributed by atoms with Gasteiger partial charge >= 0.3 is 0 Å². The van der Waals surface area contributed by atoms with Gasteiger partial charge in [-0.2, -0.15) is 0 Å². The second-order valence-electron chi connectivity index (χ2n) is 7.51. The molecular formula is C17H32O2. The van der Waals surface area contributed by atoms with Crippen molar-refractivity contribution in [2.75, 3.05) is 0 Å². The third kappa shape index (κ3) is 3.16. The van der Waals surface area contributed by atoms with E-state index in [1.165, 1.54) is 32.1 Å². The Kier molecular flexibility index (Phi) is 4.94. The van der Waals surface area contributed by atoms with E-state index in [9.17, 15) is 10.2 Å². The third-order valence-corrected chi connectivity index (χ3v) is 6.13. The van der Waals surface area contributed by atoms with Gasteiger partial charge in [-0.25, -0.2) is 0 Å². The Morgan fingerprint density at radius 2 is 1.89 bits per heavy atom. The van der Waals surface area contributed by atoms with Crippen molar-refractivity contribution in [2.24, 2.45) is 23.2 Å². The molecule has 2 heteroatoms. The van der Waals surface area contributed by atoms with Gasteiger partial charge in [0.15, 0.2) is 0 Å². The normalized spacial score (nSPS) is 41.8. The first-order chi connectivity index (χ1) is 8.95. The van der Waals surface area contributed by atoms with Gasteiger partial charge in [0.25, 0.3) is 0 Å². The highest BCUT2D eigenvalue weighted by Gasteiger charge is 2.51. The molecule has 2 saturated carbocycles. The van der Waals surface area contributed by atoms with E-state index in [0.29, 0.717) is 11.3 Å². The van der Waals surface area contributed by atoms with Crippen LogP contribution in [-0.2, 0) is 0 Å². The number of hydrogen-bond acceptors (Lipinski definition) is 2. The zero-order valence-corrected chi connectivity index (χ0v) is 12.9. The van der Waals surface area contributed by atoms with Crippen LogP contribution in [0.25, 0.3) is 0 Å². The molecule has 2 aliphatic rings. The Balaban J connectivity index is 1.93. The van der Waals surface area contributed by atoms with Crippen molar-refractivity contribution >= 4 is 0 Å². The Hall–Kier alpha value is -0.0800. The molecule has 0 radical (unpaired) electrons. The molecule has 2 fully saturated rings. The molecule has 0 aromatic heterocycles. The SMILES string of the molecule is C[C@H](O)CCC[C@H](C)[C@H]1CC[C@H]2[C@@H](O)CCC[C@]12C. The lowest BCUT2D eigenvalue weighted by Crippen LogP contribution is -2.41. The molecule has 0 aromatic carbocycles. The van der Waals surface area contributed by atoms with E-state index in [1.807, 2.05) is 6.92 Å². The molecule has 0 aliphatic heterocycles. The molecule has 112 valence electrons. The molecule has 2 nitrogen and oxygen atoms in total. The summed E-state index contributed by atoms with van der Waals surface area (Å²) in [5.41, 5.74) is 0.377. The number of aliphatic hydroxyl groups excluding tert-OH is 2. The van der Waals surface area contributed by atoms with Crippen molar-refractivity contribution in [1.82, 2.24) is 0 Å². The average molecular weight is 268 g/mol. The second-order valence-corrected chi connectivity index (χ2v) is 7.51. The molecule has 0 amide bonds. The van der Waals surface area contributed by atoms with Crippen molar-refractivity contribution in [2.45, 2.75) is 84.3 Å². The molecule has 2 aliphatic carbocycles.